The second-order valence-electron chi connectivity index (χ2n) is 15.7. The third kappa shape index (κ3) is 14.2. The summed E-state index contributed by atoms with van der Waals surface area (Å²) in [5.74, 6) is 1.95. The van der Waals surface area contributed by atoms with Crippen LogP contribution in [0.4, 0.5) is 11.4 Å². The molecule has 6 rings (SSSR count). The molecule has 2 amide bonds. The standard InChI is InChI=1S/C50H56Cl2N8O6/c1-31-37(29-65-49-19-47(63-27-35-15-41(53)25-57-21-35)39(17-45(49)51)23-55-11-13-59-33(3)61)7-5-9-43(31)44-10-6-8-38(32(44)2)30-66-50-20-48(64-28-36-16-42(54)26-58-22-36)40(18-46(50)52)24-56-12-14-60-34(4)62/h5-10,15-22,25-26,55-56H,11-14,23-24,27-30,53-54H2,1-4H3,(H,59,61)(H,60,62). The monoisotopic (exact) mass is 934 g/mol. The number of benzene rings is 4. The van der Waals surface area contributed by atoms with E-state index in [-0.39, 0.29) is 38.2 Å². The van der Waals surface area contributed by atoms with E-state index in [1.807, 2.05) is 48.5 Å². The van der Waals surface area contributed by atoms with Gasteiger partial charge in [-0.1, -0.05) is 59.6 Å². The van der Waals surface area contributed by atoms with E-state index >= 15 is 0 Å². The maximum absolute atomic E-state index is 11.3. The van der Waals surface area contributed by atoms with Crippen molar-refractivity contribution in [1.29, 1.82) is 0 Å². The lowest BCUT2D eigenvalue weighted by molar-refractivity contribution is -0.119. The third-order valence-corrected chi connectivity index (χ3v) is 11.2. The Kier molecular flexibility index (Phi) is 17.8. The van der Waals surface area contributed by atoms with Crippen LogP contribution in [0, 0.1) is 13.8 Å². The predicted octanol–water partition coefficient (Wildman–Crippen LogP) is 8.00. The molecule has 0 saturated heterocycles. The highest BCUT2D eigenvalue weighted by atomic mass is 35.5. The molecule has 0 atom stereocenters. The summed E-state index contributed by atoms with van der Waals surface area (Å²) in [5.41, 5.74) is 22.5. The molecule has 0 aliphatic carbocycles. The molecule has 0 aliphatic rings. The molecular weight excluding hydrogens is 880 g/mol. The van der Waals surface area contributed by atoms with E-state index < -0.39 is 0 Å². The first-order valence-electron chi connectivity index (χ1n) is 21.5. The van der Waals surface area contributed by atoms with E-state index in [4.69, 9.17) is 53.6 Å². The zero-order valence-corrected chi connectivity index (χ0v) is 39.1. The first-order valence-corrected chi connectivity index (χ1v) is 22.2. The lowest BCUT2D eigenvalue weighted by atomic mass is 9.92. The quantitative estimate of drug-likeness (QED) is 0.0339. The number of carbonyl (C=O) groups excluding carboxylic acids is 2. The highest BCUT2D eigenvalue weighted by Gasteiger charge is 2.17. The maximum Gasteiger partial charge on any atom is 0.216 e. The Morgan fingerprint density at radius 1 is 0.530 bits per heavy atom. The van der Waals surface area contributed by atoms with Crippen molar-refractivity contribution < 1.29 is 28.5 Å². The molecule has 0 spiro atoms. The number of rotatable bonds is 23. The Morgan fingerprint density at radius 3 is 1.33 bits per heavy atom. The zero-order valence-electron chi connectivity index (χ0n) is 37.6. The molecule has 8 N–H and O–H groups in total. The highest BCUT2D eigenvalue weighted by molar-refractivity contribution is 6.32. The van der Waals surface area contributed by atoms with Gasteiger partial charge in [-0.2, -0.15) is 0 Å². The van der Waals surface area contributed by atoms with Crippen LogP contribution in [0.5, 0.6) is 23.0 Å². The summed E-state index contributed by atoms with van der Waals surface area (Å²) >= 11 is 13.7. The number of aromatic nitrogens is 2. The van der Waals surface area contributed by atoms with Gasteiger partial charge in [0, 0.05) is 112 Å². The molecule has 4 aromatic carbocycles. The van der Waals surface area contributed by atoms with Gasteiger partial charge in [0.25, 0.3) is 0 Å². The number of hydrogen-bond donors (Lipinski definition) is 6. The van der Waals surface area contributed by atoms with Crippen LogP contribution >= 0.6 is 23.2 Å². The lowest BCUT2D eigenvalue weighted by Crippen LogP contribution is -2.30. The summed E-state index contributed by atoms with van der Waals surface area (Å²) in [5, 5.41) is 13.1. The van der Waals surface area contributed by atoms with Gasteiger partial charge in [-0.05, 0) is 71.5 Å². The predicted molar refractivity (Wildman–Crippen MR) is 260 cm³/mol. The molecule has 0 unspecified atom stereocenters. The van der Waals surface area contributed by atoms with Crippen LogP contribution in [0.15, 0.2) is 97.6 Å². The van der Waals surface area contributed by atoms with Crippen LogP contribution in [0.1, 0.15) is 58.4 Å². The fourth-order valence-corrected chi connectivity index (χ4v) is 7.57. The van der Waals surface area contributed by atoms with Crippen LogP contribution in [0.2, 0.25) is 10.0 Å². The van der Waals surface area contributed by atoms with Gasteiger partial charge in [-0.3, -0.25) is 19.6 Å². The van der Waals surface area contributed by atoms with Crippen molar-refractivity contribution in [3.05, 3.63) is 152 Å². The number of nitrogens with zero attached hydrogens (tertiary/aromatic N) is 2. The lowest BCUT2D eigenvalue weighted by Gasteiger charge is -2.19. The fraction of sp³-hybridized carbons (Fsp3) is 0.280. The number of halogens is 2. The zero-order chi connectivity index (χ0) is 47.0. The van der Waals surface area contributed by atoms with Crippen LogP contribution in [-0.2, 0) is 49.1 Å². The smallest absolute Gasteiger partial charge is 0.216 e. The summed E-state index contributed by atoms with van der Waals surface area (Å²) < 4.78 is 25.4. The molecular formula is C50H56Cl2N8O6. The molecule has 0 saturated carbocycles. The van der Waals surface area contributed by atoms with Gasteiger partial charge in [0.05, 0.1) is 21.4 Å². The SMILES string of the molecule is CC(=O)NCCNCc1cc(Cl)c(OCc2cccc(-c3cccc(COc4cc(OCc5cncc(N)c5)c(CNCCNC(C)=O)cc4Cl)c3C)c2C)cc1OCc1cncc(N)c1. The average Bonchev–Trinajstić information content (AvgIpc) is 3.28. The van der Waals surface area contributed by atoms with E-state index in [1.54, 1.807) is 36.9 Å². The minimum Gasteiger partial charge on any atom is -0.488 e. The first-order chi connectivity index (χ1) is 31.8. The number of amides is 2. The molecule has 2 heterocycles. The minimum atomic E-state index is -0.0892. The number of pyridine rings is 2. The number of ether oxygens (including phenoxy) is 4. The third-order valence-electron chi connectivity index (χ3n) is 10.6. The Morgan fingerprint density at radius 2 is 0.939 bits per heavy atom. The van der Waals surface area contributed by atoms with Crippen molar-refractivity contribution in [2.24, 2.45) is 0 Å². The normalized spacial score (nSPS) is 10.9. The molecule has 66 heavy (non-hydrogen) atoms. The molecule has 6 aromatic rings. The Balaban J connectivity index is 1.16. The van der Waals surface area contributed by atoms with E-state index in [9.17, 15) is 9.59 Å². The van der Waals surface area contributed by atoms with Gasteiger partial charge >= 0.3 is 0 Å². The van der Waals surface area contributed by atoms with Crippen LogP contribution in [0.25, 0.3) is 11.1 Å². The molecule has 346 valence electrons. The molecule has 0 radical (unpaired) electrons. The largest absolute Gasteiger partial charge is 0.488 e. The van der Waals surface area contributed by atoms with Crippen molar-refractivity contribution in [1.82, 2.24) is 31.2 Å². The number of hydrogen-bond acceptors (Lipinski definition) is 12. The molecule has 0 bridgehead atoms. The summed E-state index contributed by atoms with van der Waals surface area (Å²) in [6.07, 6.45) is 6.58. The van der Waals surface area contributed by atoms with Crippen LogP contribution in [-0.4, -0.2) is 48.0 Å². The summed E-state index contributed by atoms with van der Waals surface area (Å²) in [6, 6.07) is 23.2. The van der Waals surface area contributed by atoms with E-state index in [1.165, 1.54) is 13.8 Å². The van der Waals surface area contributed by atoms with Crippen LogP contribution < -0.4 is 51.7 Å². The highest BCUT2D eigenvalue weighted by Crippen LogP contribution is 2.37. The van der Waals surface area contributed by atoms with E-state index in [2.05, 4.69) is 57.2 Å². The van der Waals surface area contributed by atoms with Gasteiger partial charge in [0.2, 0.25) is 11.8 Å². The van der Waals surface area contributed by atoms with Gasteiger partial charge < -0.3 is 51.7 Å². The van der Waals surface area contributed by atoms with Gasteiger partial charge in [0.1, 0.15) is 49.4 Å². The second-order valence-corrected chi connectivity index (χ2v) is 16.5. The average molecular weight is 936 g/mol. The number of nitrogens with two attached hydrogens (primary N) is 2. The van der Waals surface area contributed by atoms with Crippen molar-refractivity contribution >= 4 is 46.4 Å². The van der Waals surface area contributed by atoms with Crippen molar-refractivity contribution in [2.75, 3.05) is 37.6 Å². The minimum absolute atomic E-state index is 0.0892. The molecule has 14 nitrogen and oxygen atoms in total. The number of anilines is 2. The summed E-state index contributed by atoms with van der Waals surface area (Å²) in [4.78, 5) is 31.0. The number of nitrogens with one attached hydrogen (secondary N) is 4. The van der Waals surface area contributed by atoms with E-state index in [0.29, 0.717) is 83.7 Å². The van der Waals surface area contributed by atoms with Crippen molar-refractivity contribution in [2.45, 2.75) is 67.2 Å². The van der Waals surface area contributed by atoms with Gasteiger partial charge in [-0.15, -0.1) is 0 Å². The van der Waals surface area contributed by atoms with Crippen molar-refractivity contribution in [3.8, 4) is 34.1 Å². The maximum atomic E-state index is 11.3. The molecule has 2 aromatic heterocycles. The molecule has 16 heteroatoms. The topological polar surface area (TPSA) is 197 Å². The van der Waals surface area contributed by atoms with E-state index in [0.717, 1.165) is 55.6 Å². The van der Waals surface area contributed by atoms with Crippen molar-refractivity contribution in [3.63, 3.8) is 0 Å². The number of carbonyl (C=O) groups is 2. The first kappa shape index (κ1) is 48.9. The summed E-state index contributed by atoms with van der Waals surface area (Å²) in [6.45, 7) is 11.1. The fourth-order valence-electron chi connectivity index (χ4n) is 7.09. The molecule has 0 aliphatic heterocycles. The Bertz CT molecular complexity index is 2450. The van der Waals surface area contributed by atoms with Gasteiger partial charge in [0.15, 0.2) is 0 Å². The Hall–Kier alpha value is -6.58. The second kappa shape index (κ2) is 24.1. The molecule has 0 fully saturated rings. The number of nitrogen functional groups attached to an aromatic ring is 2. The van der Waals surface area contributed by atoms with Gasteiger partial charge in [-0.25, -0.2) is 0 Å². The Labute approximate surface area is 395 Å². The van der Waals surface area contributed by atoms with Crippen LogP contribution in [0.3, 0.4) is 0 Å². The summed E-state index contributed by atoms with van der Waals surface area (Å²) in [7, 11) is 0.